The summed E-state index contributed by atoms with van der Waals surface area (Å²) in [5.74, 6) is -0.491. The van der Waals surface area contributed by atoms with Crippen LogP contribution in [0.3, 0.4) is 0 Å². The fourth-order valence-electron chi connectivity index (χ4n) is 3.56. The third-order valence-electron chi connectivity index (χ3n) is 5.19. The number of hydrogen-bond acceptors (Lipinski definition) is 6. The molecule has 7 nitrogen and oxygen atoms in total. The number of carbonyl (C=O) groups excluding carboxylic acids is 2. The third-order valence-corrected chi connectivity index (χ3v) is 6.02. The van der Waals surface area contributed by atoms with E-state index in [0.29, 0.717) is 37.6 Å². The highest BCUT2D eigenvalue weighted by Crippen LogP contribution is 2.28. The Bertz CT molecular complexity index is 942. The van der Waals surface area contributed by atoms with E-state index in [9.17, 15) is 14.0 Å². The van der Waals surface area contributed by atoms with Gasteiger partial charge in [0, 0.05) is 37.1 Å². The Morgan fingerprint density at radius 2 is 2.07 bits per heavy atom. The summed E-state index contributed by atoms with van der Waals surface area (Å²) >= 11 is 1.57. The van der Waals surface area contributed by atoms with Gasteiger partial charge in [-0.05, 0) is 35.7 Å². The molecule has 30 heavy (non-hydrogen) atoms. The molecule has 2 saturated heterocycles. The van der Waals surface area contributed by atoms with Crippen molar-refractivity contribution < 1.29 is 23.8 Å². The van der Waals surface area contributed by atoms with Gasteiger partial charge in [-0.15, -0.1) is 11.3 Å². The van der Waals surface area contributed by atoms with Gasteiger partial charge in [0.15, 0.2) is 0 Å². The van der Waals surface area contributed by atoms with Crippen molar-refractivity contribution in [2.75, 3.05) is 49.1 Å². The summed E-state index contributed by atoms with van der Waals surface area (Å²) in [5.41, 5.74) is 0.830. The van der Waals surface area contributed by atoms with E-state index in [1.807, 2.05) is 28.5 Å². The largest absolute Gasteiger partial charge is 0.441 e. The molecule has 158 valence electrons. The van der Waals surface area contributed by atoms with Crippen molar-refractivity contribution in [2.24, 2.45) is 0 Å². The number of aliphatic hydroxyl groups excluding tert-OH is 1. The molecule has 0 bridgehead atoms. The Balaban J connectivity index is 1.36. The fraction of sp³-hybridized carbons (Fsp3) is 0.333. The molecule has 2 aromatic rings. The number of carbonyl (C=O) groups is 2. The SMILES string of the molecule is O=C(C=Cc1cccs1)N1CCN(c2ccc(N3C[C@H](CO)OC3=O)cc2F)CC1. The molecule has 2 amide bonds. The topological polar surface area (TPSA) is 73.3 Å². The van der Waals surface area contributed by atoms with Gasteiger partial charge in [-0.3, -0.25) is 9.69 Å². The first-order valence-corrected chi connectivity index (χ1v) is 10.6. The molecule has 1 aromatic heterocycles. The minimum absolute atomic E-state index is 0.0511. The quantitative estimate of drug-likeness (QED) is 0.737. The van der Waals surface area contributed by atoms with Gasteiger partial charge in [-0.1, -0.05) is 6.07 Å². The number of piperazine rings is 1. The van der Waals surface area contributed by atoms with Gasteiger partial charge in [-0.2, -0.15) is 0 Å². The molecule has 0 unspecified atom stereocenters. The molecular formula is C21H22FN3O4S. The van der Waals surface area contributed by atoms with E-state index in [0.717, 1.165) is 4.88 Å². The first kappa shape index (κ1) is 20.4. The summed E-state index contributed by atoms with van der Waals surface area (Å²) in [7, 11) is 0. The Hall–Kier alpha value is -2.91. The lowest BCUT2D eigenvalue weighted by Crippen LogP contribution is -2.48. The second-order valence-corrected chi connectivity index (χ2v) is 8.08. The number of aliphatic hydroxyl groups is 1. The van der Waals surface area contributed by atoms with Gasteiger partial charge in [-0.25, -0.2) is 9.18 Å². The van der Waals surface area contributed by atoms with Crippen molar-refractivity contribution in [2.45, 2.75) is 6.10 Å². The number of hydrogen-bond donors (Lipinski definition) is 1. The molecule has 2 aliphatic heterocycles. The average molecular weight is 431 g/mol. The van der Waals surface area contributed by atoms with Crippen LogP contribution in [-0.2, 0) is 9.53 Å². The number of anilines is 2. The first-order chi connectivity index (χ1) is 14.5. The van der Waals surface area contributed by atoms with E-state index in [2.05, 4.69) is 0 Å². The fourth-order valence-corrected chi connectivity index (χ4v) is 4.18. The van der Waals surface area contributed by atoms with Crippen LogP contribution in [0, 0.1) is 5.82 Å². The summed E-state index contributed by atoms with van der Waals surface area (Å²) in [6, 6.07) is 8.49. The normalized spacial score (nSPS) is 19.6. The molecule has 1 atom stereocenters. The summed E-state index contributed by atoms with van der Waals surface area (Å²) < 4.78 is 19.8. The van der Waals surface area contributed by atoms with E-state index in [-0.39, 0.29) is 19.1 Å². The zero-order valence-corrected chi connectivity index (χ0v) is 17.1. The smallest absolute Gasteiger partial charge is 0.414 e. The average Bonchev–Trinajstić information content (AvgIpc) is 3.41. The Morgan fingerprint density at radius 3 is 2.70 bits per heavy atom. The van der Waals surface area contributed by atoms with Crippen molar-refractivity contribution in [1.82, 2.24) is 4.90 Å². The summed E-state index contributed by atoms with van der Waals surface area (Å²) in [5, 5.41) is 11.1. The highest BCUT2D eigenvalue weighted by Gasteiger charge is 2.32. The molecule has 3 heterocycles. The maximum absolute atomic E-state index is 14.8. The van der Waals surface area contributed by atoms with Gasteiger partial charge >= 0.3 is 6.09 Å². The van der Waals surface area contributed by atoms with Gasteiger partial charge in [0.2, 0.25) is 5.91 Å². The Kier molecular flexibility index (Phi) is 6.01. The maximum atomic E-state index is 14.8. The summed E-state index contributed by atoms with van der Waals surface area (Å²) in [6.07, 6.45) is 2.19. The van der Waals surface area contributed by atoms with Crippen LogP contribution in [-0.4, -0.2) is 67.4 Å². The predicted molar refractivity (Wildman–Crippen MR) is 113 cm³/mol. The summed E-state index contributed by atoms with van der Waals surface area (Å²) in [4.78, 5) is 30.2. The van der Waals surface area contributed by atoms with Crippen molar-refractivity contribution in [1.29, 1.82) is 0 Å². The highest BCUT2D eigenvalue weighted by atomic mass is 32.1. The van der Waals surface area contributed by atoms with Gasteiger partial charge in [0.1, 0.15) is 11.9 Å². The highest BCUT2D eigenvalue weighted by molar-refractivity contribution is 7.10. The Morgan fingerprint density at radius 1 is 1.27 bits per heavy atom. The number of rotatable bonds is 5. The number of benzene rings is 1. The minimum Gasteiger partial charge on any atom is -0.441 e. The number of halogens is 1. The molecule has 2 aliphatic rings. The van der Waals surface area contributed by atoms with Crippen molar-refractivity contribution in [3.8, 4) is 0 Å². The number of ether oxygens (including phenoxy) is 1. The zero-order valence-electron chi connectivity index (χ0n) is 16.2. The molecule has 0 spiro atoms. The van der Waals surface area contributed by atoms with Crippen LogP contribution in [0.5, 0.6) is 0 Å². The summed E-state index contributed by atoms with van der Waals surface area (Å²) in [6.45, 7) is 1.97. The van der Waals surface area contributed by atoms with E-state index in [1.54, 1.807) is 34.4 Å². The lowest BCUT2D eigenvalue weighted by atomic mass is 10.2. The van der Waals surface area contributed by atoms with Crippen LogP contribution < -0.4 is 9.80 Å². The Labute approximate surface area is 177 Å². The van der Waals surface area contributed by atoms with Gasteiger partial charge < -0.3 is 19.6 Å². The van der Waals surface area contributed by atoms with Crippen LogP contribution in [0.2, 0.25) is 0 Å². The van der Waals surface area contributed by atoms with Crippen molar-refractivity contribution in [3.63, 3.8) is 0 Å². The minimum atomic E-state index is -0.597. The van der Waals surface area contributed by atoms with Crippen LogP contribution in [0.15, 0.2) is 41.8 Å². The molecule has 0 aliphatic carbocycles. The zero-order chi connectivity index (χ0) is 21.1. The van der Waals surface area contributed by atoms with Crippen LogP contribution >= 0.6 is 11.3 Å². The van der Waals surface area contributed by atoms with E-state index in [1.165, 1.54) is 11.0 Å². The third kappa shape index (κ3) is 4.31. The molecule has 9 heteroatoms. The van der Waals surface area contributed by atoms with Gasteiger partial charge in [0.05, 0.1) is 24.5 Å². The van der Waals surface area contributed by atoms with Crippen LogP contribution in [0.1, 0.15) is 4.88 Å². The molecule has 1 N–H and O–H groups in total. The molecule has 1 aromatic carbocycles. The molecule has 2 fully saturated rings. The second-order valence-electron chi connectivity index (χ2n) is 7.10. The second kappa shape index (κ2) is 8.85. The van der Waals surface area contributed by atoms with Crippen LogP contribution in [0.25, 0.3) is 6.08 Å². The molecule has 4 rings (SSSR count). The van der Waals surface area contributed by atoms with Gasteiger partial charge in [0.25, 0.3) is 0 Å². The molecular weight excluding hydrogens is 409 g/mol. The van der Waals surface area contributed by atoms with E-state index >= 15 is 0 Å². The predicted octanol–water partition coefficient (Wildman–Crippen LogP) is 2.57. The lowest BCUT2D eigenvalue weighted by molar-refractivity contribution is -0.126. The lowest BCUT2D eigenvalue weighted by Gasteiger charge is -2.36. The number of thiophene rings is 1. The standard InChI is InChI=1S/C21H22FN3O4S/c22-18-12-15(25-13-16(14-26)29-21(25)28)3-5-19(18)23-7-9-24(10-8-23)20(27)6-4-17-2-1-11-30-17/h1-6,11-12,16,26H,7-10,13-14H2/t16-/m1/s1. The van der Waals surface area contributed by atoms with Crippen molar-refractivity contribution in [3.05, 3.63) is 52.5 Å². The molecule has 0 radical (unpaired) electrons. The van der Waals surface area contributed by atoms with E-state index in [4.69, 9.17) is 9.84 Å². The first-order valence-electron chi connectivity index (χ1n) is 9.69. The monoisotopic (exact) mass is 431 g/mol. The number of cyclic esters (lactones) is 1. The van der Waals surface area contributed by atoms with Crippen molar-refractivity contribution >= 4 is 40.8 Å². The number of amides is 2. The van der Waals surface area contributed by atoms with E-state index < -0.39 is 18.0 Å². The maximum Gasteiger partial charge on any atom is 0.414 e. The molecule has 0 saturated carbocycles. The number of nitrogens with zero attached hydrogens (tertiary/aromatic N) is 3. The van der Waals surface area contributed by atoms with Crippen LogP contribution in [0.4, 0.5) is 20.6 Å².